The van der Waals surface area contributed by atoms with E-state index >= 15 is 0 Å². The van der Waals surface area contributed by atoms with Crippen LogP contribution in [0.25, 0.3) is 0 Å². The molecule has 0 aliphatic carbocycles. The van der Waals surface area contributed by atoms with Crippen molar-refractivity contribution in [3.05, 3.63) is 23.8 Å². The Morgan fingerprint density at radius 3 is 2.43 bits per heavy atom. The Kier molecular flexibility index (Phi) is 6.64. The van der Waals surface area contributed by atoms with Gasteiger partial charge in [-0.3, -0.25) is 4.79 Å². The van der Waals surface area contributed by atoms with E-state index in [0.717, 1.165) is 6.42 Å². The minimum atomic E-state index is -3.70. The predicted molar refractivity (Wildman–Crippen MR) is 81.1 cm³/mol. The van der Waals surface area contributed by atoms with Gasteiger partial charge in [-0.05, 0) is 31.0 Å². The highest BCUT2D eigenvalue weighted by Crippen LogP contribution is 2.24. The van der Waals surface area contributed by atoms with Gasteiger partial charge in [0.15, 0.2) is 0 Å². The number of carbonyl (C=O) groups excluding carboxylic acids is 1. The summed E-state index contributed by atoms with van der Waals surface area (Å²) in [6.07, 6.45) is 1.49. The molecule has 0 unspecified atom stereocenters. The maximum Gasteiger partial charge on any atom is 0.251 e. The minimum Gasteiger partial charge on any atom is -0.495 e. The summed E-state index contributed by atoms with van der Waals surface area (Å²) in [7, 11) is -2.30. The zero-order valence-electron chi connectivity index (χ0n) is 12.6. The molecule has 0 aromatic heterocycles. The van der Waals surface area contributed by atoms with Gasteiger partial charge in [-0.15, -0.1) is 0 Å². The summed E-state index contributed by atoms with van der Waals surface area (Å²) in [5.41, 5.74) is 0.293. The number of rotatable bonds is 8. The first-order chi connectivity index (χ1) is 9.96. The molecule has 1 rings (SSSR count). The number of hydrogen-bond donors (Lipinski definition) is 2. The van der Waals surface area contributed by atoms with Crippen molar-refractivity contribution in [2.45, 2.75) is 31.6 Å². The van der Waals surface area contributed by atoms with E-state index in [1.54, 1.807) is 6.07 Å². The summed E-state index contributed by atoms with van der Waals surface area (Å²) in [4.78, 5) is 11.9. The van der Waals surface area contributed by atoms with E-state index in [2.05, 4.69) is 10.0 Å². The standard InChI is InChI=1S/C14H22N2O4S/c1-4-8-15-14(17)11-6-7-12(20-3)13(10-11)21(18,19)16-9-5-2/h6-7,10,16H,4-5,8-9H2,1-3H3,(H,15,17). The normalized spacial score (nSPS) is 11.2. The summed E-state index contributed by atoms with van der Waals surface area (Å²) >= 11 is 0. The van der Waals surface area contributed by atoms with E-state index in [-0.39, 0.29) is 16.6 Å². The van der Waals surface area contributed by atoms with Crippen LogP contribution in [-0.4, -0.2) is 34.5 Å². The second-order valence-corrected chi connectivity index (χ2v) is 6.25. The van der Waals surface area contributed by atoms with Gasteiger partial charge in [0.05, 0.1) is 7.11 Å². The molecule has 0 saturated heterocycles. The Morgan fingerprint density at radius 1 is 1.19 bits per heavy atom. The molecule has 0 radical (unpaired) electrons. The smallest absolute Gasteiger partial charge is 0.251 e. The molecule has 2 N–H and O–H groups in total. The highest BCUT2D eigenvalue weighted by Gasteiger charge is 2.21. The third-order valence-electron chi connectivity index (χ3n) is 2.79. The molecule has 1 amide bonds. The number of carbonyl (C=O) groups is 1. The van der Waals surface area contributed by atoms with Gasteiger partial charge in [0, 0.05) is 18.7 Å². The van der Waals surface area contributed by atoms with E-state index < -0.39 is 10.0 Å². The number of nitrogens with one attached hydrogen (secondary N) is 2. The van der Waals surface area contributed by atoms with Crippen molar-refractivity contribution < 1.29 is 17.9 Å². The highest BCUT2D eigenvalue weighted by atomic mass is 32.2. The van der Waals surface area contributed by atoms with Crippen LogP contribution >= 0.6 is 0 Å². The van der Waals surface area contributed by atoms with E-state index in [0.29, 0.717) is 25.1 Å². The van der Waals surface area contributed by atoms with Crippen molar-refractivity contribution in [2.24, 2.45) is 0 Å². The van der Waals surface area contributed by atoms with E-state index in [1.165, 1.54) is 19.2 Å². The van der Waals surface area contributed by atoms with Gasteiger partial charge in [0.1, 0.15) is 10.6 Å². The number of benzene rings is 1. The Labute approximate surface area is 125 Å². The summed E-state index contributed by atoms with van der Waals surface area (Å²) < 4.78 is 32.0. The lowest BCUT2D eigenvalue weighted by Gasteiger charge is -2.12. The zero-order valence-corrected chi connectivity index (χ0v) is 13.4. The molecule has 6 nitrogen and oxygen atoms in total. The van der Waals surface area contributed by atoms with Crippen LogP contribution in [0.15, 0.2) is 23.1 Å². The molecule has 0 aliphatic heterocycles. The lowest BCUT2D eigenvalue weighted by atomic mass is 10.2. The maximum atomic E-state index is 12.2. The number of ether oxygens (including phenoxy) is 1. The van der Waals surface area contributed by atoms with E-state index in [1.807, 2.05) is 13.8 Å². The maximum absolute atomic E-state index is 12.2. The molecule has 0 fully saturated rings. The number of amides is 1. The fourth-order valence-corrected chi connectivity index (χ4v) is 3.01. The monoisotopic (exact) mass is 314 g/mol. The molecule has 0 saturated carbocycles. The fraction of sp³-hybridized carbons (Fsp3) is 0.500. The Balaban J connectivity index is 3.14. The van der Waals surface area contributed by atoms with Crippen LogP contribution in [0.3, 0.4) is 0 Å². The van der Waals surface area contributed by atoms with Crippen molar-refractivity contribution in [1.29, 1.82) is 0 Å². The van der Waals surface area contributed by atoms with Crippen LogP contribution in [0.4, 0.5) is 0 Å². The van der Waals surface area contributed by atoms with Crippen LogP contribution in [0, 0.1) is 0 Å². The van der Waals surface area contributed by atoms with Gasteiger partial charge in [-0.2, -0.15) is 0 Å². The van der Waals surface area contributed by atoms with Crippen molar-refractivity contribution >= 4 is 15.9 Å². The lowest BCUT2D eigenvalue weighted by molar-refractivity contribution is 0.0953. The largest absolute Gasteiger partial charge is 0.495 e. The quantitative estimate of drug-likeness (QED) is 0.762. The Bertz CT molecular complexity index is 585. The molecule has 21 heavy (non-hydrogen) atoms. The predicted octanol–water partition coefficient (Wildman–Crippen LogP) is 1.52. The third kappa shape index (κ3) is 4.71. The molecule has 118 valence electrons. The number of methoxy groups -OCH3 is 1. The zero-order chi connectivity index (χ0) is 15.9. The topological polar surface area (TPSA) is 84.5 Å². The molecule has 0 heterocycles. The average molecular weight is 314 g/mol. The molecule has 1 aromatic carbocycles. The van der Waals surface area contributed by atoms with Crippen molar-refractivity contribution in [3.63, 3.8) is 0 Å². The third-order valence-corrected chi connectivity index (χ3v) is 4.28. The van der Waals surface area contributed by atoms with E-state index in [4.69, 9.17) is 4.74 Å². The van der Waals surface area contributed by atoms with Crippen LogP contribution in [0.1, 0.15) is 37.0 Å². The van der Waals surface area contributed by atoms with E-state index in [9.17, 15) is 13.2 Å². The van der Waals surface area contributed by atoms with Gasteiger partial charge >= 0.3 is 0 Å². The second-order valence-electron chi connectivity index (χ2n) is 4.52. The summed E-state index contributed by atoms with van der Waals surface area (Å²) in [6.45, 7) is 4.69. The van der Waals surface area contributed by atoms with Gasteiger partial charge < -0.3 is 10.1 Å². The highest BCUT2D eigenvalue weighted by molar-refractivity contribution is 7.89. The molecule has 0 atom stereocenters. The van der Waals surface area contributed by atoms with Crippen LogP contribution in [0.5, 0.6) is 5.75 Å². The van der Waals surface area contributed by atoms with Crippen LogP contribution in [-0.2, 0) is 10.0 Å². The number of hydrogen-bond acceptors (Lipinski definition) is 4. The SMILES string of the molecule is CCCNC(=O)c1ccc(OC)c(S(=O)(=O)NCCC)c1. The van der Waals surface area contributed by atoms with Gasteiger partial charge in [0.2, 0.25) is 10.0 Å². The van der Waals surface area contributed by atoms with Gasteiger partial charge in [0.25, 0.3) is 5.91 Å². The molecule has 7 heteroatoms. The van der Waals surface area contributed by atoms with Crippen LogP contribution < -0.4 is 14.8 Å². The molecular formula is C14H22N2O4S. The van der Waals surface area contributed by atoms with Crippen molar-refractivity contribution in [2.75, 3.05) is 20.2 Å². The summed E-state index contributed by atoms with van der Waals surface area (Å²) in [5, 5.41) is 2.71. The Hall–Kier alpha value is -1.60. The average Bonchev–Trinajstić information content (AvgIpc) is 2.49. The molecule has 1 aromatic rings. The van der Waals surface area contributed by atoms with Gasteiger partial charge in [-0.25, -0.2) is 13.1 Å². The van der Waals surface area contributed by atoms with Crippen molar-refractivity contribution in [1.82, 2.24) is 10.0 Å². The minimum absolute atomic E-state index is 0.0254. The second kappa shape index (κ2) is 7.99. The lowest BCUT2D eigenvalue weighted by Crippen LogP contribution is -2.27. The van der Waals surface area contributed by atoms with Crippen LogP contribution in [0.2, 0.25) is 0 Å². The summed E-state index contributed by atoms with van der Waals surface area (Å²) in [6, 6.07) is 4.37. The molecule has 0 bridgehead atoms. The molecular weight excluding hydrogens is 292 g/mol. The molecule has 0 spiro atoms. The molecule has 0 aliphatic rings. The van der Waals surface area contributed by atoms with Crippen molar-refractivity contribution in [3.8, 4) is 5.75 Å². The first kappa shape index (κ1) is 17.5. The van der Waals surface area contributed by atoms with Gasteiger partial charge in [-0.1, -0.05) is 13.8 Å². The summed E-state index contributed by atoms with van der Waals surface area (Å²) in [5.74, 6) is -0.0860. The fourth-order valence-electron chi connectivity index (χ4n) is 1.68. The number of sulfonamides is 1. The first-order valence-corrected chi connectivity index (χ1v) is 8.40. The first-order valence-electron chi connectivity index (χ1n) is 6.92. The Morgan fingerprint density at radius 2 is 1.86 bits per heavy atom.